The third-order valence-electron chi connectivity index (χ3n) is 5.11. The lowest BCUT2D eigenvalue weighted by atomic mass is 9.95. The topological polar surface area (TPSA) is 32.3 Å². The first kappa shape index (κ1) is 22.4. The summed E-state index contributed by atoms with van der Waals surface area (Å²) in [6.07, 6.45) is 1.73. The zero-order valence-corrected chi connectivity index (χ0v) is 18.5. The first-order chi connectivity index (χ1) is 14.0. The maximum absolute atomic E-state index is 13.7. The third kappa shape index (κ3) is 6.88. The van der Waals surface area contributed by atoms with Gasteiger partial charge in [-0.25, -0.2) is 4.39 Å². The number of hydrogen-bond donors (Lipinski definition) is 1. The third-order valence-corrected chi connectivity index (χ3v) is 6.68. The van der Waals surface area contributed by atoms with Gasteiger partial charge in [0.05, 0.1) is 0 Å². The standard InChI is InChI=1S/C22H25Cl2FN2OS/c23-18-4-1-3-16(13-18)14-27-10-7-17(8-11-27)22(28)26-9-12-29-15-19-20(24)5-2-6-21(19)25/h1-6,13,17H,7-12,14-15H2,(H,26,28). The lowest BCUT2D eigenvalue weighted by Gasteiger charge is -2.31. The molecular weight excluding hydrogens is 430 g/mol. The van der Waals surface area contributed by atoms with Gasteiger partial charge in [-0.1, -0.05) is 41.4 Å². The van der Waals surface area contributed by atoms with Gasteiger partial charge in [-0.2, -0.15) is 11.8 Å². The molecule has 3 nitrogen and oxygen atoms in total. The Morgan fingerprint density at radius 1 is 1.17 bits per heavy atom. The van der Waals surface area contributed by atoms with Crippen LogP contribution in [0.3, 0.4) is 0 Å². The molecule has 2 aromatic carbocycles. The van der Waals surface area contributed by atoms with Gasteiger partial charge in [0, 0.05) is 46.1 Å². The molecule has 1 aliphatic rings. The molecule has 3 rings (SSSR count). The molecule has 0 radical (unpaired) electrons. The van der Waals surface area contributed by atoms with E-state index in [2.05, 4.69) is 16.3 Å². The summed E-state index contributed by atoms with van der Waals surface area (Å²) in [5, 5.41) is 4.22. The number of halogens is 3. The van der Waals surface area contributed by atoms with Crippen molar-refractivity contribution < 1.29 is 9.18 Å². The molecule has 0 aromatic heterocycles. The molecule has 1 amide bonds. The maximum atomic E-state index is 13.7. The summed E-state index contributed by atoms with van der Waals surface area (Å²) < 4.78 is 13.7. The fraction of sp³-hybridized carbons (Fsp3) is 0.409. The normalized spacial score (nSPS) is 15.4. The van der Waals surface area contributed by atoms with Crippen LogP contribution in [0.1, 0.15) is 24.0 Å². The summed E-state index contributed by atoms with van der Waals surface area (Å²) in [7, 11) is 0. The Labute approximate surface area is 185 Å². The molecule has 7 heteroatoms. The molecule has 1 fully saturated rings. The minimum Gasteiger partial charge on any atom is -0.355 e. The molecule has 1 aliphatic heterocycles. The predicted octanol–water partition coefficient (Wildman–Crippen LogP) is 5.39. The van der Waals surface area contributed by atoms with Crippen LogP contribution in [0.4, 0.5) is 4.39 Å². The number of likely N-dealkylation sites (tertiary alicyclic amines) is 1. The van der Waals surface area contributed by atoms with Gasteiger partial charge in [-0.05, 0) is 55.8 Å². The van der Waals surface area contributed by atoms with Crippen molar-refractivity contribution in [1.82, 2.24) is 10.2 Å². The van der Waals surface area contributed by atoms with Crippen LogP contribution in [0.25, 0.3) is 0 Å². The highest BCUT2D eigenvalue weighted by molar-refractivity contribution is 7.98. The maximum Gasteiger partial charge on any atom is 0.223 e. The zero-order valence-electron chi connectivity index (χ0n) is 16.2. The van der Waals surface area contributed by atoms with Gasteiger partial charge in [0.1, 0.15) is 5.82 Å². The molecule has 1 heterocycles. The molecule has 0 bridgehead atoms. The Balaban J connectivity index is 1.32. The minimum absolute atomic E-state index is 0.0663. The van der Waals surface area contributed by atoms with E-state index in [1.54, 1.807) is 23.9 Å². The Morgan fingerprint density at radius 2 is 1.93 bits per heavy atom. The van der Waals surface area contributed by atoms with Gasteiger partial charge < -0.3 is 5.32 Å². The zero-order chi connectivity index (χ0) is 20.6. The molecule has 29 heavy (non-hydrogen) atoms. The van der Waals surface area contributed by atoms with E-state index in [0.29, 0.717) is 22.9 Å². The average Bonchev–Trinajstić information content (AvgIpc) is 2.70. The number of nitrogens with zero attached hydrogens (tertiary/aromatic N) is 1. The smallest absolute Gasteiger partial charge is 0.223 e. The number of amides is 1. The van der Waals surface area contributed by atoms with Crippen molar-refractivity contribution in [2.24, 2.45) is 5.92 Å². The largest absolute Gasteiger partial charge is 0.355 e. The molecule has 1 N–H and O–H groups in total. The van der Waals surface area contributed by atoms with E-state index >= 15 is 0 Å². The van der Waals surface area contributed by atoms with Crippen LogP contribution in [0, 0.1) is 11.7 Å². The van der Waals surface area contributed by atoms with Gasteiger partial charge in [0.2, 0.25) is 5.91 Å². The average molecular weight is 455 g/mol. The highest BCUT2D eigenvalue weighted by atomic mass is 35.5. The van der Waals surface area contributed by atoms with Gasteiger partial charge in [0.25, 0.3) is 0 Å². The lowest BCUT2D eigenvalue weighted by Crippen LogP contribution is -2.40. The second-order valence-electron chi connectivity index (χ2n) is 7.22. The van der Waals surface area contributed by atoms with Crippen molar-refractivity contribution in [2.45, 2.75) is 25.1 Å². The fourth-order valence-corrected chi connectivity index (χ4v) is 4.89. The van der Waals surface area contributed by atoms with Gasteiger partial charge in [-0.3, -0.25) is 9.69 Å². The number of piperidine rings is 1. The minimum atomic E-state index is -0.279. The Morgan fingerprint density at radius 3 is 2.66 bits per heavy atom. The van der Waals surface area contributed by atoms with E-state index in [1.165, 1.54) is 11.6 Å². The van der Waals surface area contributed by atoms with Crippen molar-refractivity contribution in [1.29, 1.82) is 0 Å². The summed E-state index contributed by atoms with van der Waals surface area (Å²) >= 11 is 13.6. The van der Waals surface area contributed by atoms with Crippen LogP contribution >= 0.6 is 35.0 Å². The number of carbonyl (C=O) groups is 1. The van der Waals surface area contributed by atoms with Crippen LogP contribution in [0.5, 0.6) is 0 Å². The first-order valence-corrected chi connectivity index (χ1v) is 11.7. The van der Waals surface area contributed by atoms with Crippen LogP contribution in [-0.4, -0.2) is 36.2 Å². The number of nitrogens with one attached hydrogen (secondary N) is 1. The number of benzene rings is 2. The van der Waals surface area contributed by atoms with Crippen molar-refractivity contribution >= 4 is 40.9 Å². The Kier molecular flexibility index (Phi) is 8.67. The quantitative estimate of drug-likeness (QED) is 0.542. The lowest BCUT2D eigenvalue weighted by molar-refractivity contribution is -0.126. The van der Waals surface area contributed by atoms with Gasteiger partial charge in [0.15, 0.2) is 0 Å². The molecule has 0 atom stereocenters. The molecule has 0 unspecified atom stereocenters. The van der Waals surface area contributed by atoms with E-state index in [0.717, 1.165) is 43.3 Å². The van der Waals surface area contributed by atoms with Crippen LogP contribution in [-0.2, 0) is 17.1 Å². The van der Waals surface area contributed by atoms with E-state index in [-0.39, 0.29) is 17.6 Å². The van der Waals surface area contributed by atoms with Crippen molar-refractivity contribution in [3.05, 3.63) is 69.5 Å². The molecular formula is C22H25Cl2FN2OS. The second-order valence-corrected chi connectivity index (χ2v) is 9.17. The van der Waals surface area contributed by atoms with E-state index < -0.39 is 0 Å². The summed E-state index contributed by atoms with van der Waals surface area (Å²) in [4.78, 5) is 14.8. The Hall–Kier alpha value is -1.27. The summed E-state index contributed by atoms with van der Waals surface area (Å²) in [5.41, 5.74) is 1.73. The molecule has 156 valence electrons. The summed E-state index contributed by atoms with van der Waals surface area (Å²) in [5.74, 6) is 1.14. The van der Waals surface area contributed by atoms with E-state index in [1.807, 2.05) is 18.2 Å². The number of thioether (sulfide) groups is 1. The molecule has 0 saturated carbocycles. The number of carbonyl (C=O) groups excluding carboxylic acids is 1. The summed E-state index contributed by atoms with van der Waals surface area (Å²) in [6.45, 7) is 3.26. The van der Waals surface area contributed by atoms with E-state index in [4.69, 9.17) is 23.2 Å². The SMILES string of the molecule is O=C(NCCSCc1c(F)cccc1Cl)C1CCN(Cc2cccc(Cl)c2)CC1. The first-order valence-electron chi connectivity index (χ1n) is 9.78. The van der Waals surface area contributed by atoms with Crippen molar-refractivity contribution in [2.75, 3.05) is 25.4 Å². The summed E-state index contributed by atoms with van der Waals surface area (Å²) in [6, 6.07) is 12.6. The highest BCUT2D eigenvalue weighted by Crippen LogP contribution is 2.24. The van der Waals surface area contributed by atoms with Crippen LogP contribution in [0.15, 0.2) is 42.5 Å². The number of rotatable bonds is 8. The van der Waals surface area contributed by atoms with Crippen LogP contribution < -0.4 is 5.32 Å². The Bertz CT molecular complexity index is 808. The predicted molar refractivity (Wildman–Crippen MR) is 120 cm³/mol. The molecule has 2 aromatic rings. The van der Waals surface area contributed by atoms with Crippen molar-refractivity contribution in [3.8, 4) is 0 Å². The molecule has 1 saturated heterocycles. The van der Waals surface area contributed by atoms with Crippen molar-refractivity contribution in [3.63, 3.8) is 0 Å². The van der Waals surface area contributed by atoms with E-state index in [9.17, 15) is 9.18 Å². The highest BCUT2D eigenvalue weighted by Gasteiger charge is 2.24. The van der Waals surface area contributed by atoms with Gasteiger partial charge >= 0.3 is 0 Å². The van der Waals surface area contributed by atoms with Gasteiger partial charge in [-0.15, -0.1) is 0 Å². The molecule has 0 spiro atoms. The fourth-order valence-electron chi connectivity index (χ4n) is 3.48. The second kappa shape index (κ2) is 11.2. The monoisotopic (exact) mass is 454 g/mol. The number of hydrogen-bond acceptors (Lipinski definition) is 3. The van der Waals surface area contributed by atoms with Crippen LogP contribution in [0.2, 0.25) is 10.0 Å². The molecule has 0 aliphatic carbocycles.